The first kappa shape index (κ1) is 18.3. The molecule has 0 aromatic carbocycles. The molecule has 3 aromatic rings. The van der Waals surface area contributed by atoms with E-state index < -0.39 is 0 Å². The van der Waals surface area contributed by atoms with Crippen molar-refractivity contribution in [2.75, 3.05) is 18.5 Å². The zero-order valence-corrected chi connectivity index (χ0v) is 15.8. The molecule has 1 aliphatic heterocycles. The van der Waals surface area contributed by atoms with Gasteiger partial charge in [-0.25, -0.2) is 15.0 Å². The summed E-state index contributed by atoms with van der Waals surface area (Å²) in [6.45, 7) is 4.06. The fourth-order valence-corrected chi connectivity index (χ4v) is 2.97. The zero-order chi connectivity index (χ0) is 19.2. The van der Waals surface area contributed by atoms with Crippen LogP contribution in [0, 0.1) is 0 Å². The van der Waals surface area contributed by atoms with Crippen LogP contribution in [0.2, 0.25) is 0 Å². The SMILES string of the molecule is CCc1cc(NCc2ccnc(OC3CCOC3)c2)nc(-c2ccccn2)n1. The highest BCUT2D eigenvalue weighted by molar-refractivity contribution is 5.53. The molecule has 0 bridgehead atoms. The largest absolute Gasteiger partial charge is 0.472 e. The summed E-state index contributed by atoms with van der Waals surface area (Å²) in [5.74, 6) is 2.03. The fraction of sp³-hybridized carbons (Fsp3) is 0.333. The first-order valence-corrected chi connectivity index (χ1v) is 9.52. The van der Waals surface area contributed by atoms with Crippen LogP contribution in [0.4, 0.5) is 5.82 Å². The Morgan fingerprint density at radius 1 is 1.14 bits per heavy atom. The van der Waals surface area contributed by atoms with E-state index in [9.17, 15) is 0 Å². The summed E-state index contributed by atoms with van der Waals surface area (Å²) in [7, 11) is 0. The van der Waals surface area contributed by atoms with Crippen LogP contribution in [-0.2, 0) is 17.7 Å². The zero-order valence-electron chi connectivity index (χ0n) is 15.8. The van der Waals surface area contributed by atoms with Gasteiger partial charge in [0.15, 0.2) is 5.82 Å². The monoisotopic (exact) mass is 377 g/mol. The second-order valence-corrected chi connectivity index (χ2v) is 6.60. The maximum atomic E-state index is 5.88. The smallest absolute Gasteiger partial charge is 0.213 e. The quantitative estimate of drug-likeness (QED) is 0.676. The van der Waals surface area contributed by atoms with Crippen LogP contribution in [0.1, 0.15) is 24.6 Å². The van der Waals surface area contributed by atoms with Gasteiger partial charge < -0.3 is 14.8 Å². The lowest BCUT2D eigenvalue weighted by molar-refractivity contribution is 0.138. The lowest BCUT2D eigenvalue weighted by Crippen LogP contribution is -2.16. The number of rotatable bonds is 7. The summed E-state index contributed by atoms with van der Waals surface area (Å²) in [5, 5.41) is 3.38. The van der Waals surface area contributed by atoms with Crippen molar-refractivity contribution in [3.05, 3.63) is 60.0 Å². The van der Waals surface area contributed by atoms with Gasteiger partial charge in [-0.1, -0.05) is 13.0 Å². The Bertz CT molecular complexity index is 914. The van der Waals surface area contributed by atoms with Gasteiger partial charge in [-0.2, -0.15) is 0 Å². The molecule has 1 atom stereocenters. The highest BCUT2D eigenvalue weighted by atomic mass is 16.5. The van der Waals surface area contributed by atoms with Crippen molar-refractivity contribution < 1.29 is 9.47 Å². The molecule has 0 spiro atoms. The molecule has 0 saturated carbocycles. The molecule has 1 N–H and O–H groups in total. The van der Waals surface area contributed by atoms with Crippen molar-refractivity contribution in [1.29, 1.82) is 0 Å². The molecule has 4 heterocycles. The van der Waals surface area contributed by atoms with Crippen LogP contribution in [0.15, 0.2) is 48.8 Å². The lowest BCUT2D eigenvalue weighted by atomic mass is 10.2. The number of aryl methyl sites for hydroxylation is 1. The predicted octanol–water partition coefficient (Wildman–Crippen LogP) is 3.28. The van der Waals surface area contributed by atoms with E-state index in [2.05, 4.69) is 32.2 Å². The van der Waals surface area contributed by atoms with Gasteiger partial charge in [-0.05, 0) is 30.2 Å². The van der Waals surface area contributed by atoms with E-state index in [1.165, 1.54) is 0 Å². The molecular weight excluding hydrogens is 354 g/mol. The Morgan fingerprint density at radius 2 is 2.11 bits per heavy atom. The molecule has 7 nitrogen and oxygen atoms in total. The Balaban J connectivity index is 1.47. The van der Waals surface area contributed by atoms with Gasteiger partial charge in [0, 0.05) is 43.2 Å². The Labute approximate surface area is 164 Å². The van der Waals surface area contributed by atoms with Crippen LogP contribution in [-0.4, -0.2) is 39.3 Å². The normalized spacial score (nSPS) is 16.1. The molecule has 7 heteroatoms. The molecule has 144 valence electrons. The second kappa shape index (κ2) is 8.75. The summed E-state index contributed by atoms with van der Waals surface area (Å²) in [4.78, 5) is 17.9. The standard InChI is InChI=1S/C21H23N5O2/c1-2-16-12-19(26-21(25-16)18-5-3-4-8-22-18)24-13-15-6-9-23-20(11-15)28-17-7-10-27-14-17/h3-6,8-9,11-12,17H,2,7,10,13-14H2,1H3,(H,24,25,26). The number of pyridine rings is 2. The number of hydrogen-bond donors (Lipinski definition) is 1. The minimum Gasteiger partial charge on any atom is -0.472 e. The third-order valence-electron chi connectivity index (χ3n) is 4.48. The van der Waals surface area contributed by atoms with Crippen LogP contribution in [0.25, 0.3) is 11.5 Å². The Morgan fingerprint density at radius 3 is 2.89 bits per heavy atom. The number of anilines is 1. The van der Waals surface area contributed by atoms with Gasteiger partial charge >= 0.3 is 0 Å². The lowest BCUT2D eigenvalue weighted by Gasteiger charge is -2.12. The first-order chi connectivity index (χ1) is 13.8. The predicted molar refractivity (Wildman–Crippen MR) is 106 cm³/mol. The summed E-state index contributed by atoms with van der Waals surface area (Å²) in [6, 6.07) is 11.6. The summed E-state index contributed by atoms with van der Waals surface area (Å²) in [6.07, 6.45) is 5.33. The number of aromatic nitrogens is 4. The minimum absolute atomic E-state index is 0.0885. The molecule has 0 radical (unpaired) electrons. The van der Waals surface area contributed by atoms with Gasteiger partial charge in [-0.3, -0.25) is 4.98 Å². The van der Waals surface area contributed by atoms with Crippen molar-refractivity contribution in [2.45, 2.75) is 32.4 Å². The maximum absolute atomic E-state index is 5.88. The van der Waals surface area contributed by atoms with Crippen molar-refractivity contribution in [2.24, 2.45) is 0 Å². The average molecular weight is 377 g/mol. The van der Waals surface area contributed by atoms with Gasteiger partial charge in [0.1, 0.15) is 17.6 Å². The number of ether oxygens (including phenoxy) is 2. The van der Waals surface area contributed by atoms with E-state index in [1.54, 1.807) is 12.4 Å². The van der Waals surface area contributed by atoms with E-state index in [0.29, 0.717) is 24.9 Å². The third kappa shape index (κ3) is 4.61. The van der Waals surface area contributed by atoms with Crippen molar-refractivity contribution in [3.63, 3.8) is 0 Å². The molecule has 3 aromatic heterocycles. The summed E-state index contributed by atoms with van der Waals surface area (Å²) < 4.78 is 11.2. The van der Waals surface area contributed by atoms with Crippen LogP contribution in [0.3, 0.4) is 0 Å². The third-order valence-corrected chi connectivity index (χ3v) is 4.48. The molecule has 28 heavy (non-hydrogen) atoms. The minimum atomic E-state index is 0.0885. The average Bonchev–Trinajstić information content (AvgIpc) is 3.26. The highest BCUT2D eigenvalue weighted by Gasteiger charge is 2.17. The fourth-order valence-electron chi connectivity index (χ4n) is 2.97. The van der Waals surface area contributed by atoms with Crippen LogP contribution in [0.5, 0.6) is 5.88 Å². The molecular formula is C21H23N5O2. The van der Waals surface area contributed by atoms with Crippen LogP contribution >= 0.6 is 0 Å². The van der Waals surface area contributed by atoms with Crippen molar-refractivity contribution in [3.8, 4) is 17.4 Å². The van der Waals surface area contributed by atoms with Crippen molar-refractivity contribution >= 4 is 5.82 Å². The Kier molecular flexibility index (Phi) is 5.72. The maximum Gasteiger partial charge on any atom is 0.213 e. The van der Waals surface area contributed by atoms with E-state index in [0.717, 1.165) is 42.2 Å². The summed E-state index contributed by atoms with van der Waals surface area (Å²) >= 11 is 0. The second-order valence-electron chi connectivity index (χ2n) is 6.60. The molecule has 1 aliphatic rings. The molecule has 1 saturated heterocycles. The van der Waals surface area contributed by atoms with Gasteiger partial charge in [0.05, 0.1) is 13.2 Å². The topological polar surface area (TPSA) is 82.1 Å². The number of nitrogens with zero attached hydrogens (tertiary/aromatic N) is 4. The molecule has 1 fully saturated rings. The van der Waals surface area contributed by atoms with Crippen LogP contribution < -0.4 is 10.1 Å². The van der Waals surface area contributed by atoms with E-state index in [4.69, 9.17) is 9.47 Å². The van der Waals surface area contributed by atoms with Gasteiger partial charge in [-0.15, -0.1) is 0 Å². The number of hydrogen-bond acceptors (Lipinski definition) is 7. The first-order valence-electron chi connectivity index (χ1n) is 9.52. The van der Waals surface area contributed by atoms with E-state index in [-0.39, 0.29) is 6.10 Å². The number of nitrogens with one attached hydrogen (secondary N) is 1. The van der Waals surface area contributed by atoms with E-state index >= 15 is 0 Å². The Hall–Kier alpha value is -3.06. The van der Waals surface area contributed by atoms with Crippen molar-refractivity contribution in [1.82, 2.24) is 19.9 Å². The van der Waals surface area contributed by atoms with Gasteiger partial charge in [0.25, 0.3) is 0 Å². The summed E-state index contributed by atoms with van der Waals surface area (Å²) in [5.41, 5.74) is 2.80. The highest BCUT2D eigenvalue weighted by Crippen LogP contribution is 2.19. The molecule has 1 unspecified atom stereocenters. The molecule has 4 rings (SSSR count). The van der Waals surface area contributed by atoms with Gasteiger partial charge in [0.2, 0.25) is 5.88 Å². The molecule has 0 aliphatic carbocycles. The molecule has 0 amide bonds. The van der Waals surface area contributed by atoms with E-state index in [1.807, 2.05) is 36.4 Å².